The van der Waals surface area contributed by atoms with Crippen LogP contribution in [0.3, 0.4) is 0 Å². The van der Waals surface area contributed by atoms with Gasteiger partial charge in [-0.25, -0.2) is 4.79 Å². The minimum atomic E-state index is -1.63. The van der Waals surface area contributed by atoms with Crippen molar-refractivity contribution in [2.75, 3.05) is 5.32 Å². The summed E-state index contributed by atoms with van der Waals surface area (Å²) >= 11 is 0. The van der Waals surface area contributed by atoms with Crippen LogP contribution >= 0.6 is 0 Å². The molecule has 1 aliphatic rings. The molecule has 5 nitrogen and oxygen atoms in total. The highest BCUT2D eigenvalue weighted by Crippen LogP contribution is 2.42. The van der Waals surface area contributed by atoms with E-state index in [0.29, 0.717) is 16.8 Å². The first-order valence-electron chi connectivity index (χ1n) is 7.49. The second kappa shape index (κ2) is 5.09. The lowest BCUT2D eigenvalue weighted by molar-refractivity contribution is -0.141. The van der Waals surface area contributed by atoms with Gasteiger partial charge in [0.05, 0.1) is 6.26 Å². The summed E-state index contributed by atoms with van der Waals surface area (Å²) in [6, 6.07) is 14.5. The fourth-order valence-electron chi connectivity index (χ4n) is 3.24. The summed E-state index contributed by atoms with van der Waals surface area (Å²) in [5.74, 6) is -1.04. The number of para-hydroxylation sites is 2. The van der Waals surface area contributed by atoms with Crippen LogP contribution in [0.15, 0.2) is 67.6 Å². The molecule has 2 N–H and O–H groups in total. The van der Waals surface area contributed by atoms with Crippen LogP contribution in [-0.2, 0) is 15.1 Å². The fourth-order valence-corrected chi connectivity index (χ4v) is 3.24. The molecule has 1 aliphatic heterocycles. The predicted octanol–water partition coefficient (Wildman–Crippen LogP) is 3.36. The Balaban J connectivity index is 1.99. The molecule has 0 bridgehead atoms. The molecule has 0 fully saturated rings. The van der Waals surface area contributed by atoms with Crippen molar-refractivity contribution in [2.45, 2.75) is 5.54 Å². The van der Waals surface area contributed by atoms with E-state index in [1.54, 1.807) is 24.4 Å². The molecule has 0 amide bonds. The molecule has 0 spiro atoms. The number of Topliss-reactive ketones (excluding diaryl/α,β-unsaturated/α-hetero) is 1. The van der Waals surface area contributed by atoms with E-state index in [2.05, 4.69) is 16.9 Å². The molecule has 2 aromatic carbocycles. The summed E-state index contributed by atoms with van der Waals surface area (Å²) in [6.45, 7) is 3.43. The molecular formula is C19H14N2O3. The summed E-state index contributed by atoms with van der Waals surface area (Å²) in [4.78, 5) is 29.1. The average Bonchev–Trinajstić information content (AvgIpc) is 3.16. The number of hydrogen-bond donors (Lipinski definition) is 2. The van der Waals surface area contributed by atoms with E-state index in [1.807, 2.05) is 30.3 Å². The summed E-state index contributed by atoms with van der Waals surface area (Å²) in [5.41, 5.74) is 0.810. The molecular weight excluding hydrogens is 304 g/mol. The van der Waals surface area contributed by atoms with Crippen molar-refractivity contribution < 1.29 is 14.3 Å². The molecule has 1 atom stereocenters. The number of H-pyrrole nitrogens is 1. The number of anilines is 1. The number of aromatic amines is 1. The van der Waals surface area contributed by atoms with Crippen LogP contribution in [0.25, 0.3) is 10.9 Å². The van der Waals surface area contributed by atoms with Crippen LogP contribution in [0.5, 0.6) is 0 Å². The Kier molecular flexibility index (Phi) is 3.03. The molecule has 2 heterocycles. The highest BCUT2D eigenvalue weighted by molar-refractivity contribution is 6.26. The van der Waals surface area contributed by atoms with Gasteiger partial charge in [0.25, 0.3) is 0 Å². The first kappa shape index (κ1) is 14.3. The lowest BCUT2D eigenvalue weighted by atomic mass is 9.85. The van der Waals surface area contributed by atoms with E-state index >= 15 is 0 Å². The second-order valence-corrected chi connectivity index (χ2v) is 5.57. The zero-order valence-electron chi connectivity index (χ0n) is 12.7. The minimum Gasteiger partial charge on any atom is -0.433 e. The molecule has 1 unspecified atom stereocenters. The number of esters is 1. The molecule has 118 valence electrons. The average molecular weight is 318 g/mol. The van der Waals surface area contributed by atoms with Crippen LogP contribution in [0.2, 0.25) is 0 Å². The molecule has 3 aromatic rings. The summed E-state index contributed by atoms with van der Waals surface area (Å²) in [5, 5.41) is 3.87. The van der Waals surface area contributed by atoms with Gasteiger partial charge in [0, 0.05) is 33.9 Å². The van der Waals surface area contributed by atoms with Crippen molar-refractivity contribution in [3.63, 3.8) is 0 Å². The predicted molar refractivity (Wildman–Crippen MR) is 90.7 cm³/mol. The number of carbonyl (C=O) groups excluding carboxylic acids is 2. The molecule has 0 saturated carbocycles. The summed E-state index contributed by atoms with van der Waals surface area (Å²) < 4.78 is 5.03. The van der Waals surface area contributed by atoms with Gasteiger partial charge in [0.2, 0.25) is 11.3 Å². The first-order valence-corrected chi connectivity index (χ1v) is 7.49. The van der Waals surface area contributed by atoms with Crippen molar-refractivity contribution >= 4 is 28.3 Å². The van der Waals surface area contributed by atoms with Crippen LogP contribution in [0.4, 0.5) is 5.69 Å². The van der Waals surface area contributed by atoms with E-state index in [0.717, 1.165) is 17.2 Å². The maximum absolute atomic E-state index is 13.2. The number of carbonyl (C=O) groups is 2. The molecule has 0 saturated heterocycles. The van der Waals surface area contributed by atoms with E-state index in [-0.39, 0.29) is 5.78 Å². The van der Waals surface area contributed by atoms with Crippen LogP contribution in [0, 0.1) is 0 Å². The van der Waals surface area contributed by atoms with Crippen LogP contribution in [-0.4, -0.2) is 16.7 Å². The van der Waals surface area contributed by atoms with E-state index in [9.17, 15) is 9.59 Å². The zero-order chi connectivity index (χ0) is 16.7. The van der Waals surface area contributed by atoms with Gasteiger partial charge in [0.15, 0.2) is 0 Å². The molecule has 5 heteroatoms. The lowest BCUT2D eigenvalue weighted by Crippen LogP contribution is -2.47. The Bertz CT molecular complexity index is 989. The molecule has 24 heavy (non-hydrogen) atoms. The Morgan fingerprint density at radius 1 is 1.12 bits per heavy atom. The smallest absolute Gasteiger partial charge is 0.349 e. The number of rotatable bonds is 3. The molecule has 0 aliphatic carbocycles. The normalized spacial score (nSPS) is 18.9. The van der Waals surface area contributed by atoms with Gasteiger partial charge in [-0.1, -0.05) is 36.9 Å². The van der Waals surface area contributed by atoms with Crippen molar-refractivity contribution in [1.82, 2.24) is 4.98 Å². The van der Waals surface area contributed by atoms with Crippen molar-refractivity contribution in [1.29, 1.82) is 0 Å². The van der Waals surface area contributed by atoms with Crippen molar-refractivity contribution in [3.8, 4) is 0 Å². The van der Waals surface area contributed by atoms with Gasteiger partial charge in [-0.15, -0.1) is 0 Å². The molecule has 1 aromatic heterocycles. The third-order valence-electron chi connectivity index (χ3n) is 4.32. The van der Waals surface area contributed by atoms with E-state index in [1.165, 1.54) is 0 Å². The van der Waals surface area contributed by atoms with Crippen molar-refractivity contribution in [3.05, 3.63) is 78.7 Å². The molecule has 0 radical (unpaired) electrons. The highest BCUT2D eigenvalue weighted by Gasteiger charge is 2.55. The number of ketones is 1. The Hall–Kier alpha value is -3.34. The van der Waals surface area contributed by atoms with Gasteiger partial charge in [-0.3, -0.25) is 4.79 Å². The number of aromatic nitrogens is 1. The zero-order valence-corrected chi connectivity index (χ0v) is 12.7. The fraction of sp³-hybridized carbons (Fsp3) is 0.0526. The number of hydrogen-bond acceptors (Lipinski definition) is 4. The number of fused-ring (bicyclic) bond motifs is 2. The van der Waals surface area contributed by atoms with Crippen molar-refractivity contribution in [2.24, 2.45) is 0 Å². The van der Waals surface area contributed by atoms with E-state index < -0.39 is 11.5 Å². The molecule has 4 rings (SSSR count). The monoisotopic (exact) mass is 318 g/mol. The topological polar surface area (TPSA) is 71.2 Å². The van der Waals surface area contributed by atoms with Crippen LogP contribution < -0.4 is 5.32 Å². The Labute approximate surface area is 137 Å². The minimum absolute atomic E-state index is 0.338. The summed E-state index contributed by atoms with van der Waals surface area (Å²) in [6.07, 6.45) is 2.71. The van der Waals surface area contributed by atoms with Crippen LogP contribution in [0.1, 0.15) is 15.9 Å². The number of benzene rings is 2. The highest BCUT2D eigenvalue weighted by atomic mass is 16.5. The Morgan fingerprint density at radius 3 is 2.67 bits per heavy atom. The maximum atomic E-state index is 13.2. The third kappa shape index (κ3) is 1.75. The lowest BCUT2D eigenvalue weighted by Gasteiger charge is -2.25. The van der Waals surface area contributed by atoms with Gasteiger partial charge in [-0.05, 0) is 18.2 Å². The number of ether oxygens (including phenoxy) is 1. The maximum Gasteiger partial charge on any atom is 0.349 e. The quantitative estimate of drug-likeness (QED) is 0.441. The largest absolute Gasteiger partial charge is 0.433 e. The first-order chi connectivity index (χ1) is 11.7. The van der Waals surface area contributed by atoms with E-state index in [4.69, 9.17) is 4.74 Å². The SMILES string of the molecule is C=COC(=O)C1(c2c[nH]c3ccccc23)Nc2ccccc2C1=O. The Morgan fingerprint density at radius 2 is 1.88 bits per heavy atom. The van der Waals surface area contributed by atoms with Gasteiger partial charge in [-0.2, -0.15) is 0 Å². The second-order valence-electron chi connectivity index (χ2n) is 5.57. The standard InChI is InChI=1S/C19H14N2O3/c1-2-24-18(23)19(14-11-20-15-9-5-3-7-12(14)15)17(22)13-8-4-6-10-16(13)21-19/h2-11,20-21H,1H2. The van der Waals surface area contributed by atoms with Gasteiger partial charge >= 0.3 is 5.97 Å². The van der Waals surface area contributed by atoms with Gasteiger partial charge in [0.1, 0.15) is 0 Å². The number of nitrogens with one attached hydrogen (secondary N) is 2. The summed E-state index contributed by atoms with van der Waals surface area (Å²) in [7, 11) is 0. The van der Waals surface area contributed by atoms with Gasteiger partial charge < -0.3 is 15.0 Å². The third-order valence-corrected chi connectivity index (χ3v) is 4.32.